The van der Waals surface area contributed by atoms with Crippen LogP contribution in [0.4, 0.5) is 0 Å². The number of amides is 1. The van der Waals surface area contributed by atoms with Gasteiger partial charge >= 0.3 is 5.97 Å². The Hall–Kier alpha value is -3.80. The van der Waals surface area contributed by atoms with Gasteiger partial charge in [-0.15, -0.1) is 0 Å². The van der Waals surface area contributed by atoms with Crippen LogP contribution in [0, 0.1) is 23.2 Å². The Kier molecular flexibility index (Phi) is 8.00. The van der Waals surface area contributed by atoms with Gasteiger partial charge in [-0.25, -0.2) is 4.79 Å². The molecule has 4 aliphatic rings. The predicted octanol–water partition coefficient (Wildman–Crippen LogP) is 6.26. The van der Waals surface area contributed by atoms with Gasteiger partial charge in [0.2, 0.25) is 5.91 Å². The van der Waals surface area contributed by atoms with Gasteiger partial charge in [-0.05, 0) is 85.1 Å². The van der Waals surface area contributed by atoms with Crippen LogP contribution in [0.15, 0.2) is 78.9 Å². The number of nitrogens with one attached hydrogen (secondary N) is 1. The van der Waals surface area contributed by atoms with Crippen molar-refractivity contribution in [2.24, 2.45) is 23.2 Å². The van der Waals surface area contributed by atoms with Crippen molar-refractivity contribution in [1.29, 1.82) is 0 Å². The Morgan fingerprint density at radius 3 is 1.83 bits per heavy atom. The number of carbonyl (C=O) groups is 2. The van der Waals surface area contributed by atoms with Crippen LogP contribution in [0.5, 0.6) is 11.5 Å². The van der Waals surface area contributed by atoms with E-state index in [9.17, 15) is 9.59 Å². The van der Waals surface area contributed by atoms with E-state index >= 15 is 0 Å². The summed E-state index contributed by atoms with van der Waals surface area (Å²) in [5.41, 5.74) is 2.63. The minimum absolute atomic E-state index is 0.0235. The van der Waals surface area contributed by atoms with E-state index in [-0.39, 0.29) is 11.3 Å². The van der Waals surface area contributed by atoms with Gasteiger partial charge in [0.25, 0.3) is 0 Å². The Balaban J connectivity index is 1.19. The average molecular weight is 554 g/mol. The highest BCUT2D eigenvalue weighted by molar-refractivity contribution is 5.88. The lowest BCUT2D eigenvalue weighted by Gasteiger charge is -2.55. The summed E-state index contributed by atoms with van der Waals surface area (Å²) in [6, 6.07) is 24.9. The molecule has 0 spiro atoms. The molecule has 214 valence electrons. The van der Waals surface area contributed by atoms with Gasteiger partial charge in [0.05, 0.1) is 7.11 Å². The van der Waals surface area contributed by atoms with Crippen LogP contribution in [0.1, 0.15) is 55.2 Å². The summed E-state index contributed by atoms with van der Waals surface area (Å²) in [6.07, 6.45) is 6.94. The van der Waals surface area contributed by atoms with Crippen molar-refractivity contribution >= 4 is 11.9 Å². The fourth-order valence-corrected chi connectivity index (χ4v) is 7.65. The van der Waals surface area contributed by atoms with Crippen LogP contribution in [-0.4, -0.2) is 25.0 Å². The first-order chi connectivity index (χ1) is 20.0. The van der Waals surface area contributed by atoms with E-state index in [1.807, 2.05) is 78.9 Å². The molecule has 6 nitrogen and oxygen atoms in total. The molecule has 1 amide bonds. The summed E-state index contributed by atoms with van der Waals surface area (Å²) in [6.45, 7) is 0.795. The Morgan fingerprint density at radius 2 is 1.29 bits per heavy atom. The molecule has 4 aliphatic carbocycles. The molecule has 6 heteroatoms. The second-order valence-electron chi connectivity index (χ2n) is 12.3. The van der Waals surface area contributed by atoms with Crippen molar-refractivity contribution in [1.82, 2.24) is 5.32 Å². The summed E-state index contributed by atoms with van der Waals surface area (Å²) in [5.74, 6) is 2.76. The normalized spacial score (nSPS) is 24.9. The number of ether oxygens (including phenoxy) is 3. The molecule has 7 rings (SSSR count). The Labute approximate surface area is 242 Å². The summed E-state index contributed by atoms with van der Waals surface area (Å²) < 4.78 is 17.5. The van der Waals surface area contributed by atoms with Gasteiger partial charge in [0.15, 0.2) is 11.5 Å². The number of esters is 1. The SMILES string of the molecule is COC(=O)[C@H](Cc1ccc(OCc2ccccc2)c(OCc2ccccc2)c1)NC(=O)C12CC3CC(CC(C3)C1)C2. The molecule has 0 radical (unpaired) electrons. The molecule has 0 aliphatic heterocycles. The van der Waals surface area contributed by atoms with E-state index in [2.05, 4.69) is 5.32 Å². The smallest absolute Gasteiger partial charge is 0.328 e. The fourth-order valence-electron chi connectivity index (χ4n) is 7.65. The third-order valence-electron chi connectivity index (χ3n) is 9.23. The zero-order valence-electron chi connectivity index (χ0n) is 23.7. The molecule has 0 aromatic heterocycles. The molecule has 4 fully saturated rings. The lowest BCUT2D eigenvalue weighted by molar-refractivity contribution is -0.152. The standard InChI is InChI=1S/C35H39NO5/c1-39-33(37)30(36-34(38)35-19-27-14-28(20-35)16-29(15-27)21-35)17-26-12-13-31(40-22-24-8-4-2-5-9-24)32(18-26)41-23-25-10-6-3-7-11-25/h2-13,18,27-30H,14-17,19-23H2,1H3,(H,36,38)/t27?,28?,29?,30-,35?/m0/s1. The second-order valence-corrected chi connectivity index (χ2v) is 12.3. The van der Waals surface area contributed by atoms with Gasteiger partial charge in [-0.1, -0.05) is 66.7 Å². The maximum atomic E-state index is 13.8. The summed E-state index contributed by atoms with van der Waals surface area (Å²) in [7, 11) is 1.38. The number of hydrogen-bond donors (Lipinski definition) is 1. The van der Waals surface area contributed by atoms with Crippen molar-refractivity contribution in [3.8, 4) is 11.5 Å². The quantitative estimate of drug-likeness (QED) is 0.284. The van der Waals surface area contributed by atoms with Gasteiger partial charge in [-0.3, -0.25) is 4.79 Å². The molecule has 41 heavy (non-hydrogen) atoms. The van der Waals surface area contributed by atoms with Crippen molar-refractivity contribution in [2.75, 3.05) is 7.11 Å². The van der Waals surface area contributed by atoms with Crippen molar-refractivity contribution in [2.45, 2.75) is 64.2 Å². The number of rotatable bonds is 11. The molecule has 1 atom stereocenters. The van der Waals surface area contributed by atoms with Crippen LogP contribution in [-0.2, 0) is 34.0 Å². The summed E-state index contributed by atoms with van der Waals surface area (Å²) in [4.78, 5) is 26.7. The Morgan fingerprint density at radius 1 is 0.756 bits per heavy atom. The van der Waals surface area contributed by atoms with Crippen molar-refractivity contribution < 1.29 is 23.8 Å². The Bertz CT molecular complexity index is 1320. The maximum Gasteiger partial charge on any atom is 0.328 e. The van der Waals surface area contributed by atoms with Crippen LogP contribution < -0.4 is 14.8 Å². The first kappa shape index (κ1) is 27.4. The minimum Gasteiger partial charge on any atom is -0.485 e. The first-order valence-corrected chi connectivity index (χ1v) is 14.8. The summed E-state index contributed by atoms with van der Waals surface area (Å²) >= 11 is 0. The van der Waals surface area contributed by atoms with Gasteiger partial charge in [0, 0.05) is 11.8 Å². The average Bonchev–Trinajstić information content (AvgIpc) is 2.99. The molecule has 4 bridgehead atoms. The van der Waals surface area contributed by atoms with Crippen LogP contribution in [0.25, 0.3) is 0 Å². The predicted molar refractivity (Wildman–Crippen MR) is 156 cm³/mol. The van der Waals surface area contributed by atoms with Crippen LogP contribution in [0.2, 0.25) is 0 Å². The molecule has 0 unspecified atom stereocenters. The second kappa shape index (κ2) is 12.0. The molecule has 3 aromatic rings. The summed E-state index contributed by atoms with van der Waals surface area (Å²) in [5, 5.41) is 3.13. The van der Waals surface area contributed by atoms with Crippen LogP contribution in [0.3, 0.4) is 0 Å². The molecular weight excluding hydrogens is 514 g/mol. The van der Waals surface area contributed by atoms with Gasteiger partial charge < -0.3 is 19.5 Å². The van der Waals surface area contributed by atoms with E-state index < -0.39 is 12.0 Å². The van der Waals surface area contributed by atoms with Crippen molar-refractivity contribution in [3.05, 3.63) is 95.6 Å². The first-order valence-electron chi connectivity index (χ1n) is 14.8. The molecule has 0 heterocycles. The number of carbonyl (C=O) groups excluding carboxylic acids is 2. The van der Waals surface area contributed by atoms with Crippen LogP contribution >= 0.6 is 0 Å². The molecule has 0 saturated heterocycles. The highest BCUT2D eigenvalue weighted by Gasteiger charge is 2.55. The third-order valence-corrected chi connectivity index (χ3v) is 9.23. The lowest BCUT2D eigenvalue weighted by atomic mass is 9.49. The van der Waals surface area contributed by atoms with E-state index in [1.54, 1.807) is 0 Å². The molecule has 1 N–H and O–H groups in total. The fraction of sp³-hybridized carbons (Fsp3) is 0.429. The van der Waals surface area contributed by atoms with E-state index in [4.69, 9.17) is 14.2 Å². The zero-order chi connectivity index (χ0) is 28.2. The highest BCUT2D eigenvalue weighted by atomic mass is 16.5. The van der Waals surface area contributed by atoms with Gasteiger partial charge in [0.1, 0.15) is 19.3 Å². The lowest BCUT2D eigenvalue weighted by Crippen LogP contribution is -2.56. The van der Waals surface area contributed by atoms with E-state index in [1.165, 1.54) is 26.4 Å². The largest absolute Gasteiger partial charge is 0.485 e. The maximum absolute atomic E-state index is 13.8. The number of methoxy groups -OCH3 is 1. The van der Waals surface area contributed by atoms with E-state index in [0.29, 0.717) is 48.9 Å². The van der Waals surface area contributed by atoms with Gasteiger partial charge in [-0.2, -0.15) is 0 Å². The molecular formula is C35H39NO5. The number of hydrogen-bond acceptors (Lipinski definition) is 5. The number of benzene rings is 3. The molecule has 4 saturated carbocycles. The monoisotopic (exact) mass is 553 g/mol. The topological polar surface area (TPSA) is 73.9 Å². The van der Waals surface area contributed by atoms with E-state index in [0.717, 1.165) is 36.0 Å². The van der Waals surface area contributed by atoms with Crippen molar-refractivity contribution in [3.63, 3.8) is 0 Å². The highest BCUT2D eigenvalue weighted by Crippen LogP contribution is 2.60. The third kappa shape index (κ3) is 6.27. The zero-order valence-corrected chi connectivity index (χ0v) is 23.7. The minimum atomic E-state index is -0.765. The molecule has 3 aromatic carbocycles.